The molecule has 0 aliphatic carbocycles. The van der Waals surface area contributed by atoms with Gasteiger partial charge in [-0.25, -0.2) is 0 Å². The van der Waals surface area contributed by atoms with Crippen LogP contribution in [0.2, 0.25) is 0 Å². The second kappa shape index (κ2) is 5.15. The van der Waals surface area contributed by atoms with E-state index >= 15 is 0 Å². The number of carbonyl (C=O) groups excluding carboxylic acids is 1. The minimum Gasteiger partial charge on any atom is -0.349 e. The fraction of sp³-hybridized carbons (Fsp3) is 0.500. The van der Waals surface area contributed by atoms with Crippen LogP contribution in [0.25, 0.3) is 0 Å². The molecule has 1 amide bonds. The summed E-state index contributed by atoms with van der Waals surface area (Å²) in [4.78, 5) is 12.0. The fourth-order valence-corrected chi connectivity index (χ4v) is 1.38. The molecule has 0 fully saturated rings. The topological polar surface area (TPSA) is 29.1 Å². The Kier molecular flexibility index (Phi) is 4.11. The van der Waals surface area contributed by atoms with E-state index in [9.17, 15) is 4.79 Å². The van der Waals surface area contributed by atoms with Crippen LogP contribution in [0, 0.1) is 5.41 Å². The third-order valence-electron chi connectivity index (χ3n) is 3.15. The highest BCUT2D eigenvalue weighted by Gasteiger charge is 2.26. The molecule has 1 atom stereocenters. The van der Waals surface area contributed by atoms with E-state index in [1.165, 1.54) is 0 Å². The highest BCUT2D eigenvalue weighted by atomic mass is 16.2. The maximum atomic E-state index is 12.0. The Labute approximate surface area is 98.1 Å². The molecule has 0 aliphatic rings. The SMILES string of the molecule is CCC(C)(C)C(=O)NC(C)c1ccccc1. The van der Waals surface area contributed by atoms with E-state index in [0.717, 1.165) is 12.0 Å². The van der Waals surface area contributed by atoms with Gasteiger partial charge in [0.05, 0.1) is 6.04 Å². The van der Waals surface area contributed by atoms with Gasteiger partial charge in [0.25, 0.3) is 0 Å². The summed E-state index contributed by atoms with van der Waals surface area (Å²) in [6.45, 7) is 7.99. The Morgan fingerprint density at radius 3 is 2.38 bits per heavy atom. The average molecular weight is 219 g/mol. The Morgan fingerprint density at radius 1 is 1.31 bits per heavy atom. The van der Waals surface area contributed by atoms with E-state index in [4.69, 9.17) is 0 Å². The highest BCUT2D eigenvalue weighted by molar-refractivity contribution is 5.82. The van der Waals surface area contributed by atoms with Crippen molar-refractivity contribution < 1.29 is 4.79 Å². The summed E-state index contributed by atoms with van der Waals surface area (Å²) in [7, 11) is 0. The standard InChI is InChI=1S/C14H21NO/c1-5-14(3,4)13(16)15-11(2)12-9-7-6-8-10-12/h6-11H,5H2,1-4H3,(H,15,16). The van der Waals surface area contributed by atoms with Crippen LogP contribution in [0.15, 0.2) is 30.3 Å². The lowest BCUT2D eigenvalue weighted by Gasteiger charge is -2.24. The molecule has 0 aliphatic heterocycles. The normalized spacial score (nSPS) is 13.2. The minimum absolute atomic E-state index is 0.0690. The van der Waals surface area contributed by atoms with Crippen molar-refractivity contribution in [1.82, 2.24) is 5.32 Å². The number of hydrogen-bond acceptors (Lipinski definition) is 1. The van der Waals surface area contributed by atoms with Gasteiger partial charge in [0, 0.05) is 5.41 Å². The van der Waals surface area contributed by atoms with Gasteiger partial charge in [-0.15, -0.1) is 0 Å². The van der Waals surface area contributed by atoms with Crippen LogP contribution in [0.5, 0.6) is 0 Å². The molecule has 16 heavy (non-hydrogen) atoms. The summed E-state index contributed by atoms with van der Waals surface area (Å²) >= 11 is 0. The molecule has 0 bridgehead atoms. The number of hydrogen-bond donors (Lipinski definition) is 1. The van der Waals surface area contributed by atoms with Crippen LogP contribution in [0.1, 0.15) is 45.7 Å². The van der Waals surface area contributed by atoms with Crippen molar-refractivity contribution >= 4 is 5.91 Å². The van der Waals surface area contributed by atoms with Crippen LogP contribution >= 0.6 is 0 Å². The Bertz CT molecular complexity index is 343. The van der Waals surface area contributed by atoms with Crippen molar-refractivity contribution in [3.8, 4) is 0 Å². The first kappa shape index (κ1) is 12.8. The van der Waals surface area contributed by atoms with Crippen molar-refractivity contribution in [3.63, 3.8) is 0 Å². The number of rotatable bonds is 4. The summed E-state index contributed by atoms with van der Waals surface area (Å²) < 4.78 is 0. The van der Waals surface area contributed by atoms with Crippen LogP contribution in [0.4, 0.5) is 0 Å². The van der Waals surface area contributed by atoms with E-state index in [-0.39, 0.29) is 17.4 Å². The molecule has 0 spiro atoms. The molecular formula is C14H21NO. The van der Waals surface area contributed by atoms with Crippen molar-refractivity contribution in [2.45, 2.75) is 40.2 Å². The molecule has 0 radical (unpaired) electrons. The Balaban J connectivity index is 2.66. The van der Waals surface area contributed by atoms with Gasteiger partial charge in [-0.3, -0.25) is 4.79 Å². The molecule has 2 heteroatoms. The largest absolute Gasteiger partial charge is 0.349 e. The highest BCUT2D eigenvalue weighted by Crippen LogP contribution is 2.21. The maximum Gasteiger partial charge on any atom is 0.226 e. The molecule has 1 N–H and O–H groups in total. The van der Waals surface area contributed by atoms with Gasteiger partial charge in [0.15, 0.2) is 0 Å². The van der Waals surface area contributed by atoms with Crippen molar-refractivity contribution in [1.29, 1.82) is 0 Å². The number of nitrogens with one attached hydrogen (secondary N) is 1. The van der Waals surface area contributed by atoms with Gasteiger partial charge in [0.2, 0.25) is 5.91 Å². The lowest BCUT2D eigenvalue weighted by atomic mass is 9.89. The van der Waals surface area contributed by atoms with Gasteiger partial charge in [-0.2, -0.15) is 0 Å². The first-order chi connectivity index (χ1) is 7.47. The summed E-state index contributed by atoms with van der Waals surface area (Å²) in [5, 5.41) is 3.05. The molecule has 1 aromatic carbocycles. The third kappa shape index (κ3) is 3.09. The second-order valence-corrected chi connectivity index (χ2v) is 4.84. The zero-order chi connectivity index (χ0) is 12.2. The number of carbonyl (C=O) groups is 1. The molecule has 1 rings (SSSR count). The molecule has 1 unspecified atom stereocenters. The van der Waals surface area contributed by atoms with Gasteiger partial charge in [-0.1, -0.05) is 51.1 Å². The first-order valence-corrected chi connectivity index (χ1v) is 5.83. The van der Waals surface area contributed by atoms with Gasteiger partial charge < -0.3 is 5.32 Å². The average Bonchev–Trinajstić information content (AvgIpc) is 2.30. The summed E-state index contributed by atoms with van der Waals surface area (Å²) in [6, 6.07) is 10.1. The van der Waals surface area contributed by atoms with Crippen LogP contribution in [0.3, 0.4) is 0 Å². The van der Waals surface area contributed by atoms with Gasteiger partial charge in [0.1, 0.15) is 0 Å². The summed E-state index contributed by atoms with van der Waals surface area (Å²) in [6.07, 6.45) is 0.848. The molecule has 0 saturated carbocycles. The molecule has 0 heterocycles. The zero-order valence-corrected chi connectivity index (χ0v) is 10.6. The van der Waals surface area contributed by atoms with Gasteiger partial charge in [-0.05, 0) is 18.9 Å². The molecule has 2 nitrogen and oxygen atoms in total. The minimum atomic E-state index is -0.289. The van der Waals surface area contributed by atoms with Crippen molar-refractivity contribution in [2.75, 3.05) is 0 Å². The second-order valence-electron chi connectivity index (χ2n) is 4.84. The van der Waals surface area contributed by atoms with Crippen molar-refractivity contribution in [3.05, 3.63) is 35.9 Å². The Morgan fingerprint density at radius 2 is 1.88 bits per heavy atom. The smallest absolute Gasteiger partial charge is 0.226 e. The zero-order valence-electron chi connectivity index (χ0n) is 10.6. The molecule has 0 aromatic heterocycles. The van der Waals surface area contributed by atoms with Crippen LogP contribution in [-0.4, -0.2) is 5.91 Å². The van der Waals surface area contributed by atoms with Crippen LogP contribution < -0.4 is 5.32 Å². The quantitative estimate of drug-likeness (QED) is 0.827. The predicted octanol–water partition coefficient (Wildman–Crippen LogP) is 3.30. The lowest BCUT2D eigenvalue weighted by Crippen LogP contribution is -2.37. The molecule has 0 saturated heterocycles. The molecule has 88 valence electrons. The summed E-state index contributed by atoms with van der Waals surface area (Å²) in [5.41, 5.74) is 0.853. The van der Waals surface area contributed by atoms with E-state index < -0.39 is 0 Å². The van der Waals surface area contributed by atoms with Crippen molar-refractivity contribution in [2.24, 2.45) is 5.41 Å². The number of amides is 1. The predicted molar refractivity (Wildman–Crippen MR) is 67.1 cm³/mol. The van der Waals surface area contributed by atoms with E-state index in [0.29, 0.717) is 0 Å². The molecule has 1 aromatic rings. The van der Waals surface area contributed by atoms with E-state index in [1.807, 2.05) is 58.0 Å². The van der Waals surface area contributed by atoms with E-state index in [1.54, 1.807) is 0 Å². The molecular weight excluding hydrogens is 198 g/mol. The lowest BCUT2D eigenvalue weighted by molar-refractivity contribution is -0.130. The Hall–Kier alpha value is -1.31. The monoisotopic (exact) mass is 219 g/mol. The third-order valence-corrected chi connectivity index (χ3v) is 3.15. The number of benzene rings is 1. The van der Waals surface area contributed by atoms with Crippen LogP contribution in [-0.2, 0) is 4.79 Å². The maximum absolute atomic E-state index is 12.0. The summed E-state index contributed by atoms with van der Waals surface area (Å²) in [5.74, 6) is 0.117. The van der Waals surface area contributed by atoms with Gasteiger partial charge >= 0.3 is 0 Å². The first-order valence-electron chi connectivity index (χ1n) is 5.83. The fourth-order valence-electron chi connectivity index (χ4n) is 1.38. The van der Waals surface area contributed by atoms with E-state index in [2.05, 4.69) is 5.32 Å².